The Morgan fingerprint density at radius 2 is 2.22 bits per heavy atom. The number of nitrogens with zero attached hydrogens (tertiary/aromatic N) is 1. The molecule has 0 aliphatic carbocycles. The average molecular weight is 330 g/mol. The van der Waals surface area contributed by atoms with Gasteiger partial charge < -0.3 is 4.74 Å². The van der Waals surface area contributed by atoms with Crippen LogP contribution in [0.25, 0.3) is 0 Å². The molecule has 1 aromatic heterocycles. The molecule has 1 atom stereocenters. The Labute approximate surface area is 140 Å². The van der Waals surface area contributed by atoms with Crippen LogP contribution in [0, 0.1) is 0 Å². The SMILES string of the molecule is CC(C)(C)c1cnc(NC(=O)c2cccc(C3CCOC3)c2)s1. The molecule has 1 aliphatic rings. The van der Waals surface area contributed by atoms with Crippen LogP contribution in [0.5, 0.6) is 0 Å². The van der Waals surface area contributed by atoms with Crippen LogP contribution in [0.1, 0.15) is 53.9 Å². The van der Waals surface area contributed by atoms with Gasteiger partial charge in [0.05, 0.1) is 6.61 Å². The van der Waals surface area contributed by atoms with Crippen molar-refractivity contribution in [2.45, 2.75) is 38.5 Å². The molecule has 1 saturated heterocycles. The third-order valence-electron chi connectivity index (χ3n) is 4.02. The van der Waals surface area contributed by atoms with Crippen LogP contribution >= 0.6 is 11.3 Å². The predicted octanol–water partition coefficient (Wildman–Crippen LogP) is 4.20. The number of anilines is 1. The first kappa shape index (κ1) is 16.1. The standard InChI is InChI=1S/C18H22N2O2S/c1-18(2,3)15-10-19-17(23-15)20-16(21)13-6-4-5-12(9-13)14-7-8-22-11-14/h4-6,9-10,14H,7-8,11H2,1-3H3,(H,19,20,21). The van der Waals surface area contributed by atoms with Crippen LogP contribution in [0.3, 0.4) is 0 Å². The van der Waals surface area contributed by atoms with E-state index in [2.05, 4.69) is 37.1 Å². The summed E-state index contributed by atoms with van der Waals surface area (Å²) < 4.78 is 5.43. The largest absolute Gasteiger partial charge is 0.381 e. The predicted molar refractivity (Wildman–Crippen MR) is 93.4 cm³/mol. The third-order valence-corrected chi connectivity index (χ3v) is 5.35. The summed E-state index contributed by atoms with van der Waals surface area (Å²) in [6.07, 6.45) is 2.86. The van der Waals surface area contributed by atoms with E-state index in [-0.39, 0.29) is 11.3 Å². The van der Waals surface area contributed by atoms with E-state index >= 15 is 0 Å². The van der Waals surface area contributed by atoms with Crippen LogP contribution in [0.2, 0.25) is 0 Å². The molecule has 2 aromatic rings. The normalized spacial score (nSPS) is 18.1. The lowest BCUT2D eigenvalue weighted by molar-refractivity contribution is 0.102. The molecule has 1 amide bonds. The van der Waals surface area contributed by atoms with Gasteiger partial charge in [0.2, 0.25) is 0 Å². The number of thiazole rings is 1. The van der Waals surface area contributed by atoms with E-state index in [0.717, 1.165) is 24.5 Å². The summed E-state index contributed by atoms with van der Waals surface area (Å²) in [7, 11) is 0. The van der Waals surface area contributed by atoms with E-state index in [0.29, 0.717) is 16.6 Å². The number of ether oxygens (including phenoxy) is 1. The van der Waals surface area contributed by atoms with E-state index in [9.17, 15) is 4.79 Å². The van der Waals surface area contributed by atoms with E-state index in [1.807, 2.05) is 24.4 Å². The van der Waals surface area contributed by atoms with Gasteiger partial charge in [-0.25, -0.2) is 4.98 Å². The Morgan fingerprint density at radius 3 is 2.87 bits per heavy atom. The second kappa shape index (κ2) is 6.42. The van der Waals surface area contributed by atoms with Crippen molar-refractivity contribution in [2.75, 3.05) is 18.5 Å². The molecule has 3 rings (SSSR count). The van der Waals surface area contributed by atoms with Gasteiger partial charge in [0, 0.05) is 29.2 Å². The Bertz CT molecular complexity index is 697. The number of amides is 1. The number of carbonyl (C=O) groups is 1. The summed E-state index contributed by atoms with van der Waals surface area (Å²) in [5.74, 6) is 0.288. The molecule has 0 spiro atoms. The first-order valence-corrected chi connectivity index (χ1v) is 8.70. The molecule has 4 nitrogen and oxygen atoms in total. The molecule has 0 bridgehead atoms. The van der Waals surface area contributed by atoms with Gasteiger partial charge in [-0.15, -0.1) is 11.3 Å². The number of carbonyl (C=O) groups excluding carboxylic acids is 1. The Kier molecular flexibility index (Phi) is 4.50. The van der Waals surface area contributed by atoms with Crippen molar-refractivity contribution >= 4 is 22.4 Å². The van der Waals surface area contributed by atoms with Gasteiger partial charge in [0.1, 0.15) is 0 Å². The molecule has 1 aromatic carbocycles. The first-order chi connectivity index (χ1) is 10.9. The lowest BCUT2D eigenvalue weighted by atomic mass is 9.96. The maximum absolute atomic E-state index is 12.5. The minimum atomic E-state index is -0.111. The van der Waals surface area contributed by atoms with Crippen LogP contribution in [-0.4, -0.2) is 24.1 Å². The molecular formula is C18H22N2O2S. The molecule has 0 saturated carbocycles. The van der Waals surface area contributed by atoms with Gasteiger partial charge in [-0.3, -0.25) is 10.1 Å². The molecule has 2 heterocycles. The summed E-state index contributed by atoms with van der Waals surface area (Å²) in [6, 6.07) is 7.81. The van der Waals surface area contributed by atoms with Crippen LogP contribution in [-0.2, 0) is 10.2 Å². The van der Waals surface area contributed by atoms with E-state index in [1.54, 1.807) is 0 Å². The highest BCUT2D eigenvalue weighted by molar-refractivity contribution is 7.15. The molecule has 1 fully saturated rings. The molecule has 122 valence electrons. The summed E-state index contributed by atoms with van der Waals surface area (Å²) in [6.45, 7) is 7.96. The van der Waals surface area contributed by atoms with Crippen LogP contribution in [0.15, 0.2) is 30.5 Å². The quantitative estimate of drug-likeness (QED) is 0.918. The van der Waals surface area contributed by atoms with Crippen molar-refractivity contribution in [3.63, 3.8) is 0 Å². The molecular weight excluding hydrogens is 308 g/mol. The minimum Gasteiger partial charge on any atom is -0.381 e. The van der Waals surface area contributed by atoms with Gasteiger partial charge in [-0.05, 0) is 29.5 Å². The molecule has 1 aliphatic heterocycles. The lowest BCUT2D eigenvalue weighted by Gasteiger charge is -2.14. The van der Waals surface area contributed by atoms with Gasteiger partial charge in [0.25, 0.3) is 5.91 Å². The van der Waals surface area contributed by atoms with Crippen molar-refractivity contribution in [1.29, 1.82) is 0 Å². The molecule has 0 radical (unpaired) electrons. The summed E-state index contributed by atoms with van der Waals surface area (Å²) in [4.78, 5) is 17.9. The topological polar surface area (TPSA) is 51.2 Å². The number of benzene rings is 1. The molecule has 1 unspecified atom stereocenters. The van der Waals surface area contributed by atoms with Crippen molar-refractivity contribution < 1.29 is 9.53 Å². The molecule has 23 heavy (non-hydrogen) atoms. The highest BCUT2D eigenvalue weighted by Crippen LogP contribution is 2.30. The van der Waals surface area contributed by atoms with E-state index in [1.165, 1.54) is 16.9 Å². The lowest BCUT2D eigenvalue weighted by Crippen LogP contribution is -2.12. The van der Waals surface area contributed by atoms with E-state index in [4.69, 9.17) is 4.74 Å². The third kappa shape index (κ3) is 3.79. The fraction of sp³-hybridized carbons (Fsp3) is 0.444. The minimum absolute atomic E-state index is 0.0447. The smallest absolute Gasteiger partial charge is 0.257 e. The second-order valence-electron chi connectivity index (χ2n) is 6.92. The monoisotopic (exact) mass is 330 g/mol. The number of hydrogen-bond acceptors (Lipinski definition) is 4. The van der Waals surface area contributed by atoms with Gasteiger partial charge in [-0.2, -0.15) is 0 Å². The van der Waals surface area contributed by atoms with Crippen molar-refractivity contribution in [3.8, 4) is 0 Å². The van der Waals surface area contributed by atoms with Crippen molar-refractivity contribution in [3.05, 3.63) is 46.5 Å². The Morgan fingerprint density at radius 1 is 1.39 bits per heavy atom. The Balaban J connectivity index is 1.73. The highest BCUT2D eigenvalue weighted by atomic mass is 32.1. The van der Waals surface area contributed by atoms with Crippen LogP contribution in [0.4, 0.5) is 5.13 Å². The second-order valence-corrected chi connectivity index (χ2v) is 7.95. The average Bonchev–Trinajstić information content (AvgIpc) is 3.18. The fourth-order valence-corrected chi connectivity index (χ4v) is 3.45. The zero-order chi connectivity index (χ0) is 16.4. The maximum atomic E-state index is 12.5. The number of aromatic nitrogens is 1. The zero-order valence-electron chi connectivity index (χ0n) is 13.8. The number of rotatable bonds is 3. The van der Waals surface area contributed by atoms with Gasteiger partial charge in [-0.1, -0.05) is 32.9 Å². The number of hydrogen-bond donors (Lipinski definition) is 1. The molecule has 5 heteroatoms. The van der Waals surface area contributed by atoms with Gasteiger partial charge >= 0.3 is 0 Å². The highest BCUT2D eigenvalue weighted by Gasteiger charge is 2.20. The van der Waals surface area contributed by atoms with E-state index < -0.39 is 0 Å². The summed E-state index contributed by atoms with van der Waals surface area (Å²) in [5, 5.41) is 3.55. The number of nitrogens with one attached hydrogen (secondary N) is 1. The first-order valence-electron chi connectivity index (χ1n) is 7.89. The summed E-state index contributed by atoms with van der Waals surface area (Å²) in [5.41, 5.74) is 1.88. The Hall–Kier alpha value is -1.72. The maximum Gasteiger partial charge on any atom is 0.257 e. The van der Waals surface area contributed by atoms with Gasteiger partial charge in [0.15, 0.2) is 5.13 Å². The molecule has 1 N–H and O–H groups in total. The van der Waals surface area contributed by atoms with Crippen molar-refractivity contribution in [2.24, 2.45) is 0 Å². The van der Waals surface area contributed by atoms with Crippen LogP contribution < -0.4 is 5.32 Å². The zero-order valence-corrected chi connectivity index (χ0v) is 14.6. The van der Waals surface area contributed by atoms with Crippen molar-refractivity contribution in [1.82, 2.24) is 4.98 Å². The summed E-state index contributed by atoms with van der Waals surface area (Å²) >= 11 is 1.53. The fourth-order valence-electron chi connectivity index (χ4n) is 2.58.